The Morgan fingerprint density at radius 2 is 1.89 bits per heavy atom. The number of hydrogen-bond acceptors (Lipinski definition) is 3. The van der Waals surface area contributed by atoms with Gasteiger partial charge < -0.3 is 0 Å². The van der Waals surface area contributed by atoms with Gasteiger partial charge in [-0.05, 0) is 41.1 Å². The molecule has 0 bridgehead atoms. The fraction of sp³-hybridized carbons (Fsp3) is 0.200. The zero-order chi connectivity index (χ0) is 13.7. The van der Waals surface area contributed by atoms with Crippen LogP contribution in [0.25, 0.3) is 0 Å². The van der Waals surface area contributed by atoms with Crippen LogP contribution in [-0.2, 0) is 0 Å². The van der Waals surface area contributed by atoms with Gasteiger partial charge in [-0.3, -0.25) is 5.84 Å². The lowest BCUT2D eigenvalue weighted by Gasteiger charge is -2.17. The predicted molar refractivity (Wildman–Crippen MR) is 83.5 cm³/mol. The average Bonchev–Trinajstić information content (AvgIpc) is 2.42. The number of hydrogen-bond donors (Lipinski definition) is 2. The smallest absolute Gasteiger partial charge is 0.0710 e. The van der Waals surface area contributed by atoms with Gasteiger partial charge >= 0.3 is 0 Å². The van der Waals surface area contributed by atoms with Crippen LogP contribution in [0.15, 0.2) is 53.4 Å². The first-order chi connectivity index (χ1) is 9.24. The van der Waals surface area contributed by atoms with E-state index in [2.05, 4.69) is 36.6 Å². The summed E-state index contributed by atoms with van der Waals surface area (Å²) < 4.78 is 0. The molecule has 0 radical (unpaired) electrons. The van der Waals surface area contributed by atoms with Gasteiger partial charge in [0.25, 0.3) is 0 Å². The second kappa shape index (κ2) is 6.96. The van der Waals surface area contributed by atoms with Crippen molar-refractivity contribution in [2.75, 3.05) is 5.75 Å². The van der Waals surface area contributed by atoms with Crippen LogP contribution in [0.4, 0.5) is 0 Å². The molecule has 4 heteroatoms. The number of hydrazine groups is 1. The molecule has 0 amide bonds. The van der Waals surface area contributed by atoms with Gasteiger partial charge in [-0.1, -0.05) is 42.8 Å². The molecule has 3 N–H and O–H groups in total. The molecule has 1 unspecified atom stereocenters. The highest BCUT2D eigenvalue weighted by molar-refractivity contribution is 7.99. The first kappa shape index (κ1) is 14.4. The molecule has 0 saturated carbocycles. The summed E-state index contributed by atoms with van der Waals surface area (Å²) in [6, 6.07) is 16.2. The van der Waals surface area contributed by atoms with Gasteiger partial charge in [0.05, 0.1) is 6.04 Å². The van der Waals surface area contributed by atoms with E-state index in [9.17, 15) is 0 Å². The standard InChI is InChI=1S/C15H17ClN2S/c1-2-19-14-8-6-11(7-9-14)15(18-17)12-4-3-5-13(16)10-12/h3-10,15,18H,2,17H2,1H3. The Balaban J connectivity index is 2.26. The summed E-state index contributed by atoms with van der Waals surface area (Å²) in [7, 11) is 0. The molecular formula is C15H17ClN2S. The average molecular weight is 293 g/mol. The minimum Gasteiger partial charge on any atom is -0.271 e. The van der Waals surface area contributed by atoms with Gasteiger partial charge in [-0.15, -0.1) is 11.8 Å². The fourth-order valence-corrected chi connectivity index (χ4v) is 2.85. The van der Waals surface area contributed by atoms with Gasteiger partial charge in [-0.25, -0.2) is 5.43 Å². The molecule has 100 valence electrons. The number of halogens is 1. The van der Waals surface area contributed by atoms with Crippen LogP contribution in [-0.4, -0.2) is 5.75 Å². The van der Waals surface area contributed by atoms with E-state index in [1.807, 2.05) is 36.0 Å². The molecule has 19 heavy (non-hydrogen) atoms. The summed E-state index contributed by atoms with van der Waals surface area (Å²) in [5.41, 5.74) is 5.04. The lowest BCUT2D eigenvalue weighted by Crippen LogP contribution is -2.28. The molecule has 0 spiro atoms. The third-order valence-electron chi connectivity index (χ3n) is 2.87. The maximum absolute atomic E-state index is 6.03. The largest absolute Gasteiger partial charge is 0.271 e. The summed E-state index contributed by atoms with van der Waals surface area (Å²) in [5, 5.41) is 0.718. The monoisotopic (exact) mass is 292 g/mol. The van der Waals surface area contributed by atoms with Crippen LogP contribution >= 0.6 is 23.4 Å². The third-order valence-corrected chi connectivity index (χ3v) is 4.00. The summed E-state index contributed by atoms with van der Waals surface area (Å²) in [6.45, 7) is 2.15. The van der Waals surface area contributed by atoms with E-state index >= 15 is 0 Å². The van der Waals surface area contributed by atoms with Crippen LogP contribution in [0.5, 0.6) is 0 Å². The van der Waals surface area contributed by atoms with E-state index < -0.39 is 0 Å². The second-order valence-electron chi connectivity index (χ2n) is 4.16. The normalized spacial score (nSPS) is 12.4. The molecule has 2 rings (SSSR count). The molecule has 0 aliphatic heterocycles. The van der Waals surface area contributed by atoms with Crippen molar-refractivity contribution in [2.45, 2.75) is 17.9 Å². The van der Waals surface area contributed by atoms with Crippen molar-refractivity contribution >= 4 is 23.4 Å². The number of nitrogens with one attached hydrogen (secondary N) is 1. The summed E-state index contributed by atoms with van der Waals surface area (Å²) >= 11 is 7.86. The molecule has 0 aromatic heterocycles. The Morgan fingerprint density at radius 3 is 2.47 bits per heavy atom. The Kier molecular flexibility index (Phi) is 5.28. The first-order valence-electron chi connectivity index (χ1n) is 6.19. The fourth-order valence-electron chi connectivity index (χ4n) is 1.99. The number of benzene rings is 2. The van der Waals surface area contributed by atoms with Crippen molar-refractivity contribution < 1.29 is 0 Å². The maximum atomic E-state index is 6.03. The molecule has 2 aromatic carbocycles. The van der Waals surface area contributed by atoms with E-state index in [1.165, 1.54) is 4.90 Å². The first-order valence-corrected chi connectivity index (χ1v) is 7.55. The van der Waals surface area contributed by atoms with Gasteiger partial charge in [0.2, 0.25) is 0 Å². The van der Waals surface area contributed by atoms with Crippen LogP contribution in [0, 0.1) is 0 Å². The summed E-state index contributed by atoms with van der Waals surface area (Å²) in [6.07, 6.45) is 0. The highest BCUT2D eigenvalue weighted by atomic mass is 35.5. The topological polar surface area (TPSA) is 38.0 Å². The Bertz CT molecular complexity index is 528. The van der Waals surface area contributed by atoms with Crippen molar-refractivity contribution in [3.63, 3.8) is 0 Å². The van der Waals surface area contributed by atoms with Crippen molar-refractivity contribution in [2.24, 2.45) is 5.84 Å². The van der Waals surface area contributed by atoms with Gasteiger partial charge in [0.15, 0.2) is 0 Å². The molecule has 0 aliphatic carbocycles. The van der Waals surface area contributed by atoms with E-state index in [0.717, 1.165) is 21.9 Å². The SMILES string of the molecule is CCSc1ccc(C(NN)c2cccc(Cl)c2)cc1. The Labute approximate surface area is 123 Å². The van der Waals surface area contributed by atoms with Gasteiger partial charge in [0.1, 0.15) is 0 Å². The zero-order valence-electron chi connectivity index (χ0n) is 10.8. The van der Waals surface area contributed by atoms with Crippen LogP contribution in [0.2, 0.25) is 5.02 Å². The Morgan fingerprint density at radius 1 is 1.16 bits per heavy atom. The van der Waals surface area contributed by atoms with Gasteiger partial charge in [0, 0.05) is 9.92 Å². The molecular weight excluding hydrogens is 276 g/mol. The second-order valence-corrected chi connectivity index (χ2v) is 5.93. The predicted octanol–water partition coefficient (Wildman–Crippen LogP) is 4.00. The molecule has 0 saturated heterocycles. The minimum atomic E-state index is -0.0422. The van der Waals surface area contributed by atoms with E-state index in [4.69, 9.17) is 17.4 Å². The summed E-state index contributed by atoms with van der Waals surface area (Å²) in [4.78, 5) is 1.27. The lowest BCUT2D eigenvalue weighted by molar-refractivity contribution is 0.636. The molecule has 1 atom stereocenters. The number of rotatable bonds is 5. The Hall–Kier alpha value is -1.00. The maximum Gasteiger partial charge on any atom is 0.0710 e. The molecule has 0 heterocycles. The molecule has 0 fully saturated rings. The molecule has 2 nitrogen and oxygen atoms in total. The van der Waals surface area contributed by atoms with E-state index in [-0.39, 0.29) is 6.04 Å². The highest BCUT2D eigenvalue weighted by Crippen LogP contribution is 2.26. The zero-order valence-corrected chi connectivity index (χ0v) is 12.3. The number of nitrogens with two attached hydrogens (primary N) is 1. The van der Waals surface area contributed by atoms with Crippen molar-refractivity contribution in [3.05, 3.63) is 64.7 Å². The van der Waals surface area contributed by atoms with Crippen molar-refractivity contribution in [3.8, 4) is 0 Å². The van der Waals surface area contributed by atoms with Crippen LogP contribution in [0.3, 0.4) is 0 Å². The number of thioether (sulfide) groups is 1. The van der Waals surface area contributed by atoms with Crippen LogP contribution in [0.1, 0.15) is 24.1 Å². The van der Waals surface area contributed by atoms with Gasteiger partial charge in [-0.2, -0.15) is 0 Å². The summed E-state index contributed by atoms with van der Waals surface area (Å²) in [5.74, 6) is 6.76. The highest BCUT2D eigenvalue weighted by Gasteiger charge is 2.12. The quantitative estimate of drug-likeness (QED) is 0.497. The lowest BCUT2D eigenvalue weighted by atomic mass is 9.99. The third kappa shape index (κ3) is 3.74. The van der Waals surface area contributed by atoms with E-state index in [0.29, 0.717) is 0 Å². The molecule has 2 aromatic rings. The minimum absolute atomic E-state index is 0.0422. The van der Waals surface area contributed by atoms with Crippen molar-refractivity contribution in [1.29, 1.82) is 0 Å². The van der Waals surface area contributed by atoms with Crippen molar-refractivity contribution in [1.82, 2.24) is 5.43 Å². The molecule has 0 aliphatic rings. The van der Waals surface area contributed by atoms with E-state index in [1.54, 1.807) is 0 Å². The van der Waals surface area contributed by atoms with Crippen LogP contribution < -0.4 is 11.3 Å².